The predicted molar refractivity (Wildman–Crippen MR) is 79.5 cm³/mol. The Balaban J connectivity index is 1.99. The summed E-state index contributed by atoms with van der Waals surface area (Å²) in [4.78, 5) is 0. The number of benzene rings is 1. The third kappa shape index (κ3) is 4.73. The molecular weight excluding hydrogens is 275 g/mol. The molecule has 0 amide bonds. The summed E-state index contributed by atoms with van der Waals surface area (Å²) in [6.07, 6.45) is -0.808. The van der Waals surface area contributed by atoms with Crippen LogP contribution in [0, 0.1) is 0 Å². The molecule has 2 unspecified atom stereocenters. The molecule has 1 aliphatic carbocycles. The summed E-state index contributed by atoms with van der Waals surface area (Å²) in [6.45, 7) is 2.96. The molecule has 21 heavy (non-hydrogen) atoms. The van der Waals surface area contributed by atoms with Crippen molar-refractivity contribution in [3.63, 3.8) is 0 Å². The van der Waals surface area contributed by atoms with Crippen molar-refractivity contribution in [2.45, 2.75) is 63.6 Å². The van der Waals surface area contributed by atoms with E-state index in [1.807, 2.05) is 12.1 Å². The Bertz CT molecular complexity index is 442. The summed E-state index contributed by atoms with van der Waals surface area (Å²) in [5.74, 6) is 0.362. The van der Waals surface area contributed by atoms with E-state index >= 15 is 0 Å². The second-order valence-electron chi connectivity index (χ2n) is 5.91. The Morgan fingerprint density at radius 3 is 2.76 bits per heavy atom. The SMILES string of the molecule is CCCNC(CCCC(F)(F)F)C1CCc2ccccc21. The lowest BCUT2D eigenvalue weighted by Crippen LogP contribution is -2.35. The van der Waals surface area contributed by atoms with E-state index in [-0.39, 0.29) is 12.5 Å². The van der Waals surface area contributed by atoms with Crippen LogP contribution in [-0.2, 0) is 6.42 Å². The van der Waals surface area contributed by atoms with Crippen molar-refractivity contribution in [3.05, 3.63) is 35.4 Å². The Morgan fingerprint density at radius 2 is 2.05 bits per heavy atom. The molecule has 1 aliphatic rings. The van der Waals surface area contributed by atoms with Gasteiger partial charge in [0, 0.05) is 12.5 Å². The number of nitrogens with one attached hydrogen (secondary N) is 1. The average molecular weight is 299 g/mol. The van der Waals surface area contributed by atoms with Gasteiger partial charge in [0.2, 0.25) is 0 Å². The monoisotopic (exact) mass is 299 g/mol. The molecule has 0 heterocycles. The molecule has 1 aromatic carbocycles. The summed E-state index contributed by atoms with van der Waals surface area (Å²) in [6, 6.07) is 8.51. The number of fused-ring (bicyclic) bond motifs is 1. The summed E-state index contributed by atoms with van der Waals surface area (Å²) < 4.78 is 37.1. The minimum absolute atomic E-state index is 0.163. The van der Waals surface area contributed by atoms with Crippen molar-refractivity contribution >= 4 is 0 Å². The Kier molecular flexibility index (Phi) is 5.68. The van der Waals surface area contributed by atoms with Gasteiger partial charge >= 0.3 is 6.18 Å². The van der Waals surface area contributed by atoms with Crippen LogP contribution in [0.5, 0.6) is 0 Å². The molecule has 1 N–H and O–H groups in total. The first-order valence-corrected chi connectivity index (χ1v) is 7.89. The molecule has 1 nitrogen and oxygen atoms in total. The normalized spacial score (nSPS) is 19.5. The van der Waals surface area contributed by atoms with Crippen molar-refractivity contribution in [2.75, 3.05) is 6.54 Å². The van der Waals surface area contributed by atoms with Crippen LogP contribution in [0.4, 0.5) is 13.2 Å². The van der Waals surface area contributed by atoms with Gasteiger partial charge in [-0.15, -0.1) is 0 Å². The topological polar surface area (TPSA) is 12.0 Å². The standard InChI is InChI=1S/C17H24F3N/c1-2-12-21-16(8-5-11-17(18,19)20)15-10-9-13-6-3-4-7-14(13)15/h3-4,6-7,15-16,21H,2,5,8-12H2,1H3. The molecule has 0 saturated carbocycles. The molecule has 1 aromatic rings. The van der Waals surface area contributed by atoms with Gasteiger partial charge in [-0.3, -0.25) is 0 Å². The van der Waals surface area contributed by atoms with Gasteiger partial charge in [0.05, 0.1) is 0 Å². The van der Waals surface area contributed by atoms with Crippen LogP contribution >= 0.6 is 0 Å². The maximum Gasteiger partial charge on any atom is 0.389 e. The van der Waals surface area contributed by atoms with Crippen LogP contribution in [-0.4, -0.2) is 18.8 Å². The maximum atomic E-state index is 12.4. The summed E-state index contributed by atoms with van der Waals surface area (Å²) >= 11 is 0. The van der Waals surface area contributed by atoms with Gasteiger partial charge in [0.25, 0.3) is 0 Å². The molecule has 2 atom stereocenters. The number of hydrogen-bond donors (Lipinski definition) is 1. The third-order valence-electron chi connectivity index (χ3n) is 4.30. The van der Waals surface area contributed by atoms with E-state index in [0.29, 0.717) is 12.3 Å². The van der Waals surface area contributed by atoms with Gasteiger partial charge in [-0.1, -0.05) is 31.2 Å². The highest BCUT2D eigenvalue weighted by Gasteiger charge is 2.31. The first-order chi connectivity index (χ1) is 10.0. The van der Waals surface area contributed by atoms with Crippen molar-refractivity contribution in [3.8, 4) is 0 Å². The lowest BCUT2D eigenvalue weighted by atomic mass is 9.89. The second kappa shape index (κ2) is 7.30. The van der Waals surface area contributed by atoms with Gasteiger partial charge in [-0.05, 0) is 55.7 Å². The van der Waals surface area contributed by atoms with Crippen molar-refractivity contribution in [2.24, 2.45) is 0 Å². The zero-order chi connectivity index (χ0) is 15.3. The van der Waals surface area contributed by atoms with E-state index < -0.39 is 12.6 Å². The highest BCUT2D eigenvalue weighted by atomic mass is 19.4. The fourth-order valence-electron chi connectivity index (χ4n) is 3.31. The van der Waals surface area contributed by atoms with E-state index in [9.17, 15) is 13.2 Å². The van der Waals surface area contributed by atoms with Crippen LogP contribution in [0.2, 0.25) is 0 Å². The van der Waals surface area contributed by atoms with Crippen LogP contribution in [0.3, 0.4) is 0 Å². The molecular formula is C17H24F3N. The van der Waals surface area contributed by atoms with E-state index in [0.717, 1.165) is 25.8 Å². The molecule has 118 valence electrons. The van der Waals surface area contributed by atoms with Crippen LogP contribution in [0.1, 0.15) is 56.1 Å². The number of hydrogen-bond acceptors (Lipinski definition) is 1. The molecule has 2 rings (SSSR count). The highest BCUT2D eigenvalue weighted by Crippen LogP contribution is 2.37. The van der Waals surface area contributed by atoms with Crippen molar-refractivity contribution < 1.29 is 13.2 Å². The number of aryl methyl sites for hydroxylation is 1. The summed E-state index contributed by atoms with van der Waals surface area (Å²) in [5, 5.41) is 3.47. The van der Waals surface area contributed by atoms with Crippen LogP contribution < -0.4 is 5.32 Å². The van der Waals surface area contributed by atoms with Gasteiger partial charge in [0.15, 0.2) is 0 Å². The van der Waals surface area contributed by atoms with E-state index in [1.165, 1.54) is 11.1 Å². The van der Waals surface area contributed by atoms with Crippen LogP contribution in [0.15, 0.2) is 24.3 Å². The molecule has 0 fully saturated rings. The first-order valence-electron chi connectivity index (χ1n) is 7.89. The van der Waals surface area contributed by atoms with Gasteiger partial charge in [-0.2, -0.15) is 13.2 Å². The first kappa shape index (κ1) is 16.3. The quantitative estimate of drug-likeness (QED) is 0.761. The average Bonchev–Trinajstić information content (AvgIpc) is 2.85. The van der Waals surface area contributed by atoms with Crippen molar-refractivity contribution in [1.82, 2.24) is 5.32 Å². The molecule has 0 bridgehead atoms. The number of rotatable bonds is 7. The predicted octanol–water partition coefficient (Wildman–Crippen LogP) is 4.82. The van der Waals surface area contributed by atoms with Gasteiger partial charge in [0.1, 0.15) is 0 Å². The molecule has 4 heteroatoms. The highest BCUT2D eigenvalue weighted by molar-refractivity contribution is 5.36. The zero-order valence-corrected chi connectivity index (χ0v) is 12.5. The maximum absolute atomic E-state index is 12.4. The van der Waals surface area contributed by atoms with Gasteiger partial charge in [-0.25, -0.2) is 0 Å². The lowest BCUT2D eigenvalue weighted by molar-refractivity contribution is -0.135. The molecule has 0 aromatic heterocycles. The summed E-state index contributed by atoms with van der Waals surface area (Å²) in [7, 11) is 0. The number of alkyl halides is 3. The largest absolute Gasteiger partial charge is 0.389 e. The molecule has 0 spiro atoms. The van der Waals surface area contributed by atoms with E-state index in [4.69, 9.17) is 0 Å². The fraction of sp³-hybridized carbons (Fsp3) is 0.647. The number of halogens is 3. The minimum Gasteiger partial charge on any atom is -0.313 e. The van der Waals surface area contributed by atoms with Crippen LogP contribution in [0.25, 0.3) is 0 Å². The minimum atomic E-state index is -4.04. The summed E-state index contributed by atoms with van der Waals surface area (Å²) in [5.41, 5.74) is 2.69. The third-order valence-corrected chi connectivity index (χ3v) is 4.30. The Morgan fingerprint density at radius 1 is 1.29 bits per heavy atom. The smallest absolute Gasteiger partial charge is 0.313 e. The molecule has 0 aliphatic heterocycles. The van der Waals surface area contributed by atoms with E-state index in [2.05, 4.69) is 24.4 Å². The van der Waals surface area contributed by atoms with Gasteiger partial charge < -0.3 is 5.32 Å². The van der Waals surface area contributed by atoms with E-state index in [1.54, 1.807) is 0 Å². The zero-order valence-electron chi connectivity index (χ0n) is 12.5. The second-order valence-corrected chi connectivity index (χ2v) is 5.91. The van der Waals surface area contributed by atoms with Crippen molar-refractivity contribution in [1.29, 1.82) is 0 Å². The lowest BCUT2D eigenvalue weighted by Gasteiger charge is -2.26. The Labute approximate surface area is 124 Å². The molecule has 0 radical (unpaired) electrons. The fourth-order valence-corrected chi connectivity index (χ4v) is 3.31. The molecule has 0 saturated heterocycles. The Hall–Kier alpha value is -1.03.